The molecule has 120 valence electrons. The number of hydrogen-bond acceptors (Lipinski definition) is 4. The lowest BCUT2D eigenvalue weighted by Crippen LogP contribution is -2.13. The molecule has 0 saturated heterocycles. The minimum Gasteiger partial charge on any atom is -0.329 e. The van der Waals surface area contributed by atoms with Crippen LogP contribution in [0.15, 0.2) is 40.9 Å². The third-order valence-corrected chi connectivity index (χ3v) is 3.72. The van der Waals surface area contributed by atoms with E-state index in [4.69, 9.17) is 0 Å². The molecule has 0 fully saturated rings. The number of ketones is 1. The van der Waals surface area contributed by atoms with Crippen LogP contribution >= 0.6 is 0 Å². The van der Waals surface area contributed by atoms with E-state index in [1.54, 1.807) is 24.3 Å². The standard InChI is InChI=1S/C16H13F3N2O2/c17-16(18,19)15-20-14(21-23-15)12-7-5-10(6-8-12)9-13(22)11-3-1-2-4-11/h1-2,5-8,11H,3-4,9H2. The molecule has 0 amide bonds. The third-order valence-electron chi connectivity index (χ3n) is 3.72. The van der Waals surface area contributed by atoms with E-state index in [2.05, 4.69) is 14.7 Å². The van der Waals surface area contributed by atoms with Crippen molar-refractivity contribution in [3.8, 4) is 11.4 Å². The van der Waals surface area contributed by atoms with E-state index in [9.17, 15) is 18.0 Å². The van der Waals surface area contributed by atoms with Gasteiger partial charge in [0.25, 0.3) is 0 Å². The summed E-state index contributed by atoms with van der Waals surface area (Å²) in [5.74, 6) is -1.29. The molecule has 0 bridgehead atoms. The molecular weight excluding hydrogens is 309 g/mol. The Hall–Kier alpha value is -2.44. The molecule has 0 unspecified atom stereocenters. The number of aromatic nitrogens is 2. The summed E-state index contributed by atoms with van der Waals surface area (Å²) in [4.78, 5) is 15.4. The number of carbonyl (C=O) groups excluding carboxylic acids is 1. The van der Waals surface area contributed by atoms with Crippen LogP contribution in [-0.2, 0) is 17.4 Å². The fourth-order valence-corrected chi connectivity index (χ4v) is 2.45. The molecule has 0 spiro atoms. The molecule has 23 heavy (non-hydrogen) atoms. The lowest BCUT2D eigenvalue weighted by atomic mass is 9.95. The topological polar surface area (TPSA) is 56.0 Å². The monoisotopic (exact) mass is 322 g/mol. The van der Waals surface area contributed by atoms with Crippen molar-refractivity contribution in [2.24, 2.45) is 5.92 Å². The molecule has 1 aromatic carbocycles. The van der Waals surface area contributed by atoms with E-state index in [-0.39, 0.29) is 17.5 Å². The summed E-state index contributed by atoms with van der Waals surface area (Å²) in [5.41, 5.74) is 1.22. The van der Waals surface area contributed by atoms with Crippen LogP contribution in [0.1, 0.15) is 24.3 Å². The van der Waals surface area contributed by atoms with Gasteiger partial charge in [-0.15, -0.1) is 0 Å². The van der Waals surface area contributed by atoms with Crippen LogP contribution in [0.25, 0.3) is 11.4 Å². The van der Waals surface area contributed by atoms with Crippen LogP contribution < -0.4 is 0 Å². The maximum Gasteiger partial charge on any atom is 0.471 e. The summed E-state index contributed by atoms with van der Waals surface area (Å²) >= 11 is 0. The highest BCUT2D eigenvalue weighted by atomic mass is 19.4. The second-order valence-electron chi connectivity index (χ2n) is 5.40. The van der Waals surface area contributed by atoms with Crippen molar-refractivity contribution >= 4 is 5.78 Å². The van der Waals surface area contributed by atoms with Crippen molar-refractivity contribution in [1.82, 2.24) is 10.1 Å². The van der Waals surface area contributed by atoms with E-state index in [0.29, 0.717) is 12.0 Å². The van der Waals surface area contributed by atoms with Gasteiger partial charge in [-0.05, 0) is 18.4 Å². The zero-order valence-corrected chi connectivity index (χ0v) is 12.0. The fourth-order valence-electron chi connectivity index (χ4n) is 2.45. The minimum atomic E-state index is -4.66. The van der Waals surface area contributed by atoms with Gasteiger partial charge in [-0.3, -0.25) is 4.79 Å². The van der Waals surface area contributed by atoms with Gasteiger partial charge in [-0.25, -0.2) is 0 Å². The van der Waals surface area contributed by atoms with Gasteiger partial charge in [0.15, 0.2) is 0 Å². The summed E-state index contributed by atoms with van der Waals surface area (Å²) in [5, 5.41) is 3.33. The Morgan fingerprint density at radius 1 is 1.17 bits per heavy atom. The first kappa shape index (κ1) is 15.5. The first-order valence-corrected chi connectivity index (χ1v) is 7.11. The number of allylic oxidation sites excluding steroid dienone is 2. The molecule has 1 aromatic heterocycles. The van der Waals surface area contributed by atoms with Gasteiger partial charge >= 0.3 is 12.1 Å². The van der Waals surface area contributed by atoms with Gasteiger partial charge < -0.3 is 4.52 Å². The molecule has 4 nitrogen and oxygen atoms in total. The molecule has 7 heteroatoms. The van der Waals surface area contributed by atoms with Crippen molar-refractivity contribution in [3.05, 3.63) is 47.9 Å². The second-order valence-corrected chi connectivity index (χ2v) is 5.40. The summed E-state index contributed by atoms with van der Waals surface area (Å²) in [7, 11) is 0. The molecule has 1 aliphatic carbocycles. The molecule has 0 radical (unpaired) electrons. The van der Waals surface area contributed by atoms with Crippen molar-refractivity contribution < 1.29 is 22.5 Å². The van der Waals surface area contributed by atoms with Gasteiger partial charge in [0, 0.05) is 17.9 Å². The molecule has 1 aliphatic rings. The largest absolute Gasteiger partial charge is 0.471 e. The molecule has 0 aliphatic heterocycles. The number of hydrogen-bond donors (Lipinski definition) is 0. The molecule has 2 aromatic rings. The predicted molar refractivity (Wildman–Crippen MR) is 75.3 cm³/mol. The normalized spacial score (nSPS) is 15.3. The summed E-state index contributed by atoms with van der Waals surface area (Å²) < 4.78 is 41.5. The van der Waals surface area contributed by atoms with Crippen LogP contribution in [0, 0.1) is 5.92 Å². The Morgan fingerprint density at radius 3 is 2.39 bits per heavy atom. The Bertz CT molecular complexity index is 725. The van der Waals surface area contributed by atoms with E-state index in [1.165, 1.54) is 0 Å². The number of rotatable bonds is 4. The zero-order chi connectivity index (χ0) is 16.4. The first-order valence-electron chi connectivity index (χ1n) is 7.11. The van der Waals surface area contributed by atoms with Gasteiger partial charge in [-0.2, -0.15) is 18.2 Å². The molecule has 0 atom stereocenters. The number of Topliss-reactive ketones (excluding diaryl/α,β-unsaturated/α-hetero) is 1. The molecule has 1 heterocycles. The average Bonchev–Trinajstić information content (AvgIpc) is 3.19. The van der Waals surface area contributed by atoms with Crippen molar-refractivity contribution in [3.63, 3.8) is 0 Å². The summed E-state index contributed by atoms with van der Waals surface area (Å²) in [6, 6.07) is 6.56. The highest BCUT2D eigenvalue weighted by Crippen LogP contribution is 2.29. The summed E-state index contributed by atoms with van der Waals surface area (Å²) in [6.45, 7) is 0. The second kappa shape index (κ2) is 5.98. The molecule has 0 saturated carbocycles. The number of alkyl halides is 3. The van der Waals surface area contributed by atoms with Gasteiger partial charge in [0.1, 0.15) is 5.78 Å². The van der Waals surface area contributed by atoms with Crippen LogP contribution in [-0.4, -0.2) is 15.9 Å². The van der Waals surface area contributed by atoms with E-state index < -0.39 is 12.1 Å². The van der Waals surface area contributed by atoms with E-state index in [0.717, 1.165) is 18.4 Å². The highest BCUT2D eigenvalue weighted by Gasteiger charge is 2.38. The maximum atomic E-state index is 12.4. The Balaban J connectivity index is 1.69. The van der Waals surface area contributed by atoms with Crippen LogP contribution in [0.3, 0.4) is 0 Å². The van der Waals surface area contributed by atoms with Crippen LogP contribution in [0.5, 0.6) is 0 Å². The SMILES string of the molecule is O=C(Cc1ccc(-c2noc(C(F)(F)F)n2)cc1)C1CC=CC1. The maximum absolute atomic E-state index is 12.4. The lowest BCUT2D eigenvalue weighted by Gasteiger charge is -2.08. The van der Waals surface area contributed by atoms with E-state index >= 15 is 0 Å². The number of benzene rings is 1. The smallest absolute Gasteiger partial charge is 0.329 e. The number of carbonyl (C=O) groups is 1. The van der Waals surface area contributed by atoms with Gasteiger partial charge in [0.2, 0.25) is 5.82 Å². The molecule has 0 N–H and O–H groups in total. The van der Waals surface area contributed by atoms with Crippen LogP contribution in [0.4, 0.5) is 13.2 Å². The van der Waals surface area contributed by atoms with Gasteiger partial charge in [0.05, 0.1) is 0 Å². The van der Waals surface area contributed by atoms with Crippen molar-refractivity contribution in [2.75, 3.05) is 0 Å². The van der Waals surface area contributed by atoms with Gasteiger partial charge in [-0.1, -0.05) is 41.6 Å². The molecular formula is C16H13F3N2O2. The Kier molecular flexibility index (Phi) is 4.02. The quantitative estimate of drug-likeness (QED) is 0.803. The predicted octanol–water partition coefficient (Wildman–Crippen LogP) is 3.83. The average molecular weight is 322 g/mol. The fraction of sp³-hybridized carbons (Fsp3) is 0.312. The zero-order valence-electron chi connectivity index (χ0n) is 12.0. The van der Waals surface area contributed by atoms with E-state index in [1.807, 2.05) is 12.2 Å². The Labute approximate surface area is 130 Å². The third kappa shape index (κ3) is 3.49. The first-order chi connectivity index (χ1) is 10.9. The lowest BCUT2D eigenvalue weighted by molar-refractivity contribution is -0.159. The van der Waals surface area contributed by atoms with Crippen molar-refractivity contribution in [1.29, 1.82) is 0 Å². The highest BCUT2D eigenvalue weighted by molar-refractivity contribution is 5.84. The van der Waals surface area contributed by atoms with Crippen molar-refractivity contribution in [2.45, 2.75) is 25.4 Å². The number of nitrogens with zero attached hydrogens (tertiary/aromatic N) is 2. The van der Waals surface area contributed by atoms with Crippen LogP contribution in [0.2, 0.25) is 0 Å². The number of halogens is 3. The minimum absolute atomic E-state index is 0.0428. The summed E-state index contributed by atoms with van der Waals surface area (Å²) in [6.07, 6.45) is 1.21. The molecule has 3 rings (SSSR count). The Morgan fingerprint density at radius 2 is 1.83 bits per heavy atom.